The van der Waals surface area contributed by atoms with E-state index in [-0.39, 0.29) is 12.3 Å². The zero-order chi connectivity index (χ0) is 23.8. The molecular formula is C26H33NO5S. The molecule has 3 rings (SSSR count). The highest BCUT2D eigenvalue weighted by atomic mass is 32.1. The molecule has 2 atom stereocenters. The number of benzene rings is 1. The zero-order valence-corrected chi connectivity index (χ0v) is 20.3. The number of nitrogens with zero attached hydrogens (tertiary/aromatic N) is 1. The summed E-state index contributed by atoms with van der Waals surface area (Å²) in [6.45, 7) is 2.57. The first-order valence-corrected chi connectivity index (χ1v) is 12.1. The molecule has 0 aliphatic carbocycles. The molecule has 6 nitrogen and oxygen atoms in total. The third kappa shape index (κ3) is 6.85. The molecular weight excluding hydrogens is 438 g/mol. The highest BCUT2D eigenvalue weighted by Crippen LogP contribution is 2.36. The molecule has 2 heterocycles. The first-order chi connectivity index (χ1) is 15.9. The van der Waals surface area contributed by atoms with Gasteiger partial charge in [0.05, 0.1) is 20.3 Å². The number of carboxylic acids is 1. The number of aliphatic hydroxyl groups is 1. The summed E-state index contributed by atoms with van der Waals surface area (Å²) in [5.74, 6) is 0.559. The lowest BCUT2D eigenvalue weighted by molar-refractivity contribution is -0.136. The number of ether oxygens (including phenoxy) is 2. The molecule has 0 bridgehead atoms. The van der Waals surface area contributed by atoms with Crippen molar-refractivity contribution >= 4 is 17.3 Å². The SMILES string of the molecule is COc1cc(C(O)[C@H](CCCc2cccs2)Cn2ccc(CCC(=O)O)c2)cc(OC)c1C. The second-order valence-electron chi connectivity index (χ2n) is 8.34. The number of methoxy groups -OCH3 is 2. The number of aromatic nitrogens is 1. The fraction of sp³-hybridized carbons (Fsp3) is 0.423. The molecule has 0 amide bonds. The van der Waals surface area contributed by atoms with Gasteiger partial charge in [0.2, 0.25) is 0 Å². The van der Waals surface area contributed by atoms with Gasteiger partial charge in [0.25, 0.3) is 0 Å². The minimum atomic E-state index is -0.799. The van der Waals surface area contributed by atoms with Crippen molar-refractivity contribution < 1.29 is 24.5 Å². The van der Waals surface area contributed by atoms with Crippen LogP contribution in [-0.2, 0) is 24.2 Å². The van der Waals surface area contributed by atoms with Gasteiger partial charge in [-0.3, -0.25) is 4.79 Å². The Balaban J connectivity index is 1.79. The lowest BCUT2D eigenvalue weighted by Gasteiger charge is -2.25. The van der Waals surface area contributed by atoms with Gasteiger partial charge in [-0.1, -0.05) is 6.07 Å². The fourth-order valence-corrected chi connectivity index (χ4v) is 4.92. The zero-order valence-electron chi connectivity index (χ0n) is 19.5. The van der Waals surface area contributed by atoms with E-state index in [1.807, 2.05) is 37.5 Å². The average Bonchev–Trinajstić information content (AvgIpc) is 3.49. The lowest BCUT2D eigenvalue weighted by atomic mass is 9.90. The number of hydrogen-bond acceptors (Lipinski definition) is 5. The van der Waals surface area contributed by atoms with Crippen LogP contribution in [0.3, 0.4) is 0 Å². The fourth-order valence-electron chi connectivity index (χ4n) is 4.17. The van der Waals surface area contributed by atoms with E-state index in [2.05, 4.69) is 22.1 Å². The molecule has 3 aromatic rings. The molecule has 0 aliphatic rings. The van der Waals surface area contributed by atoms with Crippen LogP contribution in [0.15, 0.2) is 48.1 Å². The Bertz CT molecular complexity index is 1000. The van der Waals surface area contributed by atoms with Crippen LogP contribution in [0.25, 0.3) is 0 Å². The highest BCUT2D eigenvalue weighted by molar-refractivity contribution is 7.09. The Labute approximate surface area is 199 Å². The van der Waals surface area contributed by atoms with Crippen LogP contribution in [0.5, 0.6) is 11.5 Å². The molecule has 1 unspecified atom stereocenters. The van der Waals surface area contributed by atoms with Gasteiger partial charge in [0.15, 0.2) is 0 Å². The van der Waals surface area contributed by atoms with Crippen LogP contribution in [0, 0.1) is 12.8 Å². The summed E-state index contributed by atoms with van der Waals surface area (Å²) < 4.78 is 13.1. The lowest BCUT2D eigenvalue weighted by Crippen LogP contribution is -2.19. The number of aryl methyl sites for hydroxylation is 2. The molecule has 0 saturated heterocycles. The summed E-state index contributed by atoms with van der Waals surface area (Å²) in [4.78, 5) is 12.2. The van der Waals surface area contributed by atoms with E-state index in [0.29, 0.717) is 24.5 Å². The Hall–Kier alpha value is -2.77. The van der Waals surface area contributed by atoms with Crippen LogP contribution in [0.2, 0.25) is 0 Å². The molecule has 0 radical (unpaired) electrons. The first-order valence-electron chi connectivity index (χ1n) is 11.2. The quantitative estimate of drug-likeness (QED) is 0.355. The van der Waals surface area contributed by atoms with Crippen LogP contribution in [-0.4, -0.2) is 35.0 Å². The number of aliphatic carboxylic acids is 1. The number of aliphatic hydroxyl groups excluding tert-OH is 1. The number of carbonyl (C=O) groups is 1. The second-order valence-corrected chi connectivity index (χ2v) is 9.37. The average molecular weight is 472 g/mol. The van der Waals surface area contributed by atoms with Crippen molar-refractivity contribution in [2.75, 3.05) is 14.2 Å². The Morgan fingerprint density at radius 2 is 1.88 bits per heavy atom. The van der Waals surface area contributed by atoms with Crippen molar-refractivity contribution in [3.8, 4) is 11.5 Å². The van der Waals surface area contributed by atoms with E-state index in [9.17, 15) is 9.90 Å². The normalized spacial score (nSPS) is 13.0. The molecule has 7 heteroatoms. The highest BCUT2D eigenvalue weighted by Gasteiger charge is 2.24. The van der Waals surface area contributed by atoms with Gasteiger partial charge in [-0.15, -0.1) is 11.3 Å². The van der Waals surface area contributed by atoms with Crippen molar-refractivity contribution in [1.29, 1.82) is 0 Å². The summed E-state index contributed by atoms with van der Waals surface area (Å²) in [7, 11) is 3.24. The first kappa shape index (κ1) is 24.9. The van der Waals surface area contributed by atoms with Gasteiger partial charge in [-0.2, -0.15) is 0 Å². The van der Waals surface area contributed by atoms with E-state index in [1.54, 1.807) is 25.6 Å². The van der Waals surface area contributed by atoms with Crippen molar-refractivity contribution in [2.24, 2.45) is 5.92 Å². The minimum Gasteiger partial charge on any atom is -0.496 e. The maximum absolute atomic E-state index is 11.4. The number of rotatable bonds is 13. The standard InChI is InChI=1S/C26H33NO5S/c1-18-23(31-2)14-21(15-24(18)32-3)26(30)20(6-4-7-22-8-5-13-33-22)17-27-12-11-19(16-27)9-10-25(28)29/h5,8,11-16,20,26,30H,4,6-7,9-10,17H2,1-3H3,(H,28,29)/t20-,26?/m1/s1. The van der Waals surface area contributed by atoms with Crippen LogP contribution >= 0.6 is 11.3 Å². The van der Waals surface area contributed by atoms with Gasteiger partial charge in [-0.25, -0.2) is 0 Å². The predicted octanol–water partition coefficient (Wildman–Crippen LogP) is 5.27. The summed E-state index contributed by atoms with van der Waals surface area (Å²) in [6, 6.07) is 9.95. The Morgan fingerprint density at radius 3 is 2.48 bits per heavy atom. The van der Waals surface area contributed by atoms with Crippen molar-refractivity contribution in [3.63, 3.8) is 0 Å². The molecule has 0 aliphatic heterocycles. The predicted molar refractivity (Wildman–Crippen MR) is 130 cm³/mol. The monoisotopic (exact) mass is 471 g/mol. The molecule has 178 valence electrons. The number of hydrogen-bond donors (Lipinski definition) is 2. The maximum atomic E-state index is 11.4. The van der Waals surface area contributed by atoms with Crippen LogP contribution in [0.4, 0.5) is 0 Å². The molecule has 0 fully saturated rings. The third-order valence-electron chi connectivity index (χ3n) is 6.03. The number of carboxylic acid groups (broad SMARTS) is 1. The summed E-state index contributed by atoms with van der Waals surface area (Å²) in [5, 5.41) is 22.4. The van der Waals surface area contributed by atoms with Crippen LogP contribution in [0.1, 0.15) is 46.9 Å². The summed E-state index contributed by atoms with van der Waals surface area (Å²) in [5.41, 5.74) is 2.66. The van der Waals surface area contributed by atoms with E-state index in [0.717, 1.165) is 36.0 Å². The molecule has 33 heavy (non-hydrogen) atoms. The second kappa shape index (κ2) is 11.9. The van der Waals surface area contributed by atoms with Gasteiger partial charge >= 0.3 is 5.97 Å². The molecule has 0 spiro atoms. The van der Waals surface area contributed by atoms with Gasteiger partial charge < -0.3 is 24.3 Å². The smallest absolute Gasteiger partial charge is 0.303 e. The largest absolute Gasteiger partial charge is 0.496 e. The van der Waals surface area contributed by atoms with Gasteiger partial charge in [0, 0.05) is 41.7 Å². The van der Waals surface area contributed by atoms with Crippen molar-refractivity contribution in [1.82, 2.24) is 4.57 Å². The Kier molecular flexibility index (Phi) is 8.97. The third-order valence-corrected chi connectivity index (χ3v) is 6.96. The maximum Gasteiger partial charge on any atom is 0.303 e. The number of thiophene rings is 1. The van der Waals surface area contributed by atoms with Crippen molar-refractivity contribution in [2.45, 2.75) is 51.7 Å². The van der Waals surface area contributed by atoms with Crippen LogP contribution < -0.4 is 9.47 Å². The van der Waals surface area contributed by atoms with E-state index >= 15 is 0 Å². The van der Waals surface area contributed by atoms with Gasteiger partial charge in [-0.05, 0) is 73.4 Å². The molecule has 2 aromatic heterocycles. The Morgan fingerprint density at radius 1 is 1.15 bits per heavy atom. The minimum absolute atomic E-state index is 0.0261. The molecule has 0 saturated carbocycles. The van der Waals surface area contributed by atoms with E-state index in [4.69, 9.17) is 14.6 Å². The van der Waals surface area contributed by atoms with Crippen molar-refractivity contribution in [3.05, 3.63) is 69.7 Å². The summed E-state index contributed by atoms with van der Waals surface area (Å²) in [6.07, 6.45) is 6.67. The summed E-state index contributed by atoms with van der Waals surface area (Å²) >= 11 is 1.76. The van der Waals surface area contributed by atoms with E-state index in [1.165, 1.54) is 4.88 Å². The van der Waals surface area contributed by atoms with Gasteiger partial charge in [0.1, 0.15) is 11.5 Å². The van der Waals surface area contributed by atoms with E-state index < -0.39 is 12.1 Å². The molecule has 2 N–H and O–H groups in total. The topological polar surface area (TPSA) is 80.9 Å². The molecule has 1 aromatic carbocycles.